The lowest BCUT2D eigenvalue weighted by Gasteiger charge is -2.43. The first kappa shape index (κ1) is 36.8. The van der Waals surface area contributed by atoms with Crippen LogP contribution in [0.5, 0.6) is 0 Å². The van der Waals surface area contributed by atoms with Gasteiger partial charge in [-0.3, -0.25) is 4.79 Å². The number of hydrogen-bond donors (Lipinski definition) is 0. The maximum atomic E-state index is 11.7. The minimum Gasteiger partial charge on any atom is -0.469 e. The molecule has 0 aliphatic carbocycles. The van der Waals surface area contributed by atoms with E-state index in [1.807, 2.05) is 12.1 Å². The van der Waals surface area contributed by atoms with Gasteiger partial charge in [-0.25, -0.2) is 0 Å². The minimum absolute atomic E-state index is 0.0453. The molecule has 0 bridgehead atoms. The summed E-state index contributed by atoms with van der Waals surface area (Å²) in [5.41, 5.74) is 10.2. The van der Waals surface area contributed by atoms with Crippen LogP contribution in [0, 0.1) is 19.3 Å². The summed E-state index contributed by atoms with van der Waals surface area (Å²) in [6.45, 7) is 27.9. The smallest absolute Gasteiger partial charge is 0.309 e. The fourth-order valence-electron chi connectivity index (χ4n) is 6.32. The zero-order chi connectivity index (χ0) is 33.8. The maximum absolute atomic E-state index is 11.7. The Kier molecular flexibility index (Phi) is 11.8. The van der Waals surface area contributed by atoms with E-state index >= 15 is 0 Å². The van der Waals surface area contributed by atoms with E-state index < -0.39 is 8.32 Å². The number of methoxy groups -OCH3 is 1. The van der Waals surface area contributed by atoms with Crippen LogP contribution in [0.2, 0.25) is 18.1 Å². The molecule has 0 fully saturated rings. The molecule has 0 aromatic heterocycles. The van der Waals surface area contributed by atoms with Gasteiger partial charge in [0.15, 0.2) is 8.32 Å². The highest BCUT2D eigenvalue weighted by Gasteiger charge is 2.41. The second-order valence-corrected chi connectivity index (χ2v) is 20.4. The van der Waals surface area contributed by atoms with Crippen molar-refractivity contribution in [1.82, 2.24) is 0 Å². The van der Waals surface area contributed by atoms with E-state index in [4.69, 9.17) is 9.16 Å². The molecule has 0 spiro atoms. The van der Waals surface area contributed by atoms with Crippen molar-refractivity contribution in [2.45, 2.75) is 131 Å². The van der Waals surface area contributed by atoms with Crippen LogP contribution in [-0.4, -0.2) is 27.5 Å². The van der Waals surface area contributed by atoms with Gasteiger partial charge >= 0.3 is 5.97 Å². The number of carbonyl (C=O) groups excluding carboxylic acids is 1. The van der Waals surface area contributed by atoms with Crippen LogP contribution < -0.4 is 0 Å². The molecule has 0 aliphatic heterocycles. The van der Waals surface area contributed by atoms with Gasteiger partial charge in [-0.15, -0.1) is 0 Å². The fraction of sp³-hybridized carbons (Fsp3) is 0.537. The Morgan fingerprint density at radius 1 is 0.800 bits per heavy atom. The molecule has 0 N–H and O–H groups in total. The third-order valence-electron chi connectivity index (χ3n) is 10.6. The minimum atomic E-state index is -1.87. The number of carbonyl (C=O) groups is 1. The van der Waals surface area contributed by atoms with Gasteiger partial charge in [0.2, 0.25) is 0 Å². The SMILES string of the molecule is CCC(CC)(c1ccc(CCC(O[Si](C)(C)C(C)(C)C)C(C)(C)C)c(C)c1)c1ccc(-c2ccc(CC(=O)OC)cc2)c(C)c1. The van der Waals surface area contributed by atoms with E-state index in [1.165, 1.54) is 40.5 Å². The summed E-state index contributed by atoms with van der Waals surface area (Å²) >= 11 is 0. The van der Waals surface area contributed by atoms with Crippen molar-refractivity contribution >= 4 is 14.3 Å². The Morgan fingerprint density at radius 2 is 1.36 bits per heavy atom. The zero-order valence-corrected chi connectivity index (χ0v) is 31.6. The molecule has 3 rings (SSSR count). The lowest BCUT2D eigenvalue weighted by atomic mass is 9.69. The molecule has 4 heteroatoms. The first-order chi connectivity index (χ1) is 20.9. The van der Waals surface area contributed by atoms with E-state index in [0.29, 0.717) is 6.42 Å². The molecule has 0 aliphatic rings. The van der Waals surface area contributed by atoms with Gasteiger partial charge < -0.3 is 9.16 Å². The predicted octanol–water partition coefficient (Wildman–Crippen LogP) is 11.2. The summed E-state index contributed by atoms with van der Waals surface area (Å²) in [6.07, 6.45) is 4.66. The second kappa shape index (κ2) is 14.4. The molecule has 0 saturated carbocycles. The standard InChI is InChI=1S/C41H60O3Si/c1-14-41(15-2,35-23-24-36(30(4)27-35)33-18-16-31(17-19-33)28-38(42)43-11)34-22-20-32(29(3)26-34)21-25-37(39(5,6)7)44-45(12,13)40(8,9)10/h16-20,22-24,26-27,37H,14-15,21,25,28H2,1-13H3. The topological polar surface area (TPSA) is 35.5 Å². The van der Waals surface area contributed by atoms with Crippen molar-refractivity contribution in [1.29, 1.82) is 0 Å². The van der Waals surface area contributed by atoms with Crippen molar-refractivity contribution in [2.75, 3.05) is 7.11 Å². The lowest BCUT2D eigenvalue weighted by molar-refractivity contribution is -0.139. The Hall–Kier alpha value is -2.69. The largest absolute Gasteiger partial charge is 0.469 e. The molecule has 1 unspecified atom stereocenters. The lowest BCUT2D eigenvalue weighted by Crippen LogP contribution is -2.47. The average molecular weight is 629 g/mol. The molecule has 3 aromatic carbocycles. The number of benzene rings is 3. The van der Waals surface area contributed by atoms with Crippen molar-refractivity contribution < 1.29 is 14.0 Å². The van der Waals surface area contributed by atoms with Gasteiger partial charge in [-0.05, 0) is 108 Å². The molecule has 1 atom stereocenters. The maximum Gasteiger partial charge on any atom is 0.309 e. The van der Waals surface area contributed by atoms with Crippen LogP contribution in [0.3, 0.4) is 0 Å². The highest BCUT2D eigenvalue weighted by molar-refractivity contribution is 6.74. The Balaban J connectivity index is 1.87. The van der Waals surface area contributed by atoms with Gasteiger partial charge in [0.05, 0.1) is 19.6 Å². The van der Waals surface area contributed by atoms with E-state index in [2.05, 4.69) is 131 Å². The molecule has 45 heavy (non-hydrogen) atoms. The van der Waals surface area contributed by atoms with Crippen molar-refractivity contribution in [3.63, 3.8) is 0 Å². The third kappa shape index (κ3) is 8.57. The van der Waals surface area contributed by atoms with Gasteiger partial charge in [0, 0.05) is 5.41 Å². The Morgan fingerprint density at radius 3 is 1.82 bits per heavy atom. The number of rotatable bonds is 12. The molecule has 246 valence electrons. The van der Waals surface area contributed by atoms with Gasteiger partial charge in [0.25, 0.3) is 0 Å². The second-order valence-electron chi connectivity index (χ2n) is 15.7. The molecule has 0 radical (unpaired) electrons. The Bertz CT molecular complexity index is 1430. The van der Waals surface area contributed by atoms with Gasteiger partial charge in [0.1, 0.15) is 0 Å². The highest BCUT2D eigenvalue weighted by atomic mass is 28.4. The van der Waals surface area contributed by atoms with Gasteiger partial charge in [-0.1, -0.05) is 116 Å². The van der Waals surface area contributed by atoms with Crippen LogP contribution in [0.15, 0.2) is 60.7 Å². The first-order valence-corrected chi connectivity index (χ1v) is 19.8. The van der Waals surface area contributed by atoms with Crippen LogP contribution >= 0.6 is 0 Å². The van der Waals surface area contributed by atoms with Crippen LogP contribution in [-0.2, 0) is 32.2 Å². The van der Waals surface area contributed by atoms with E-state index in [9.17, 15) is 4.79 Å². The summed E-state index contributed by atoms with van der Waals surface area (Å²) in [5.74, 6) is -0.216. The molecule has 0 heterocycles. The molecular formula is C41H60O3Si. The third-order valence-corrected chi connectivity index (χ3v) is 15.1. The van der Waals surface area contributed by atoms with Crippen LogP contribution in [0.1, 0.15) is 108 Å². The fourth-order valence-corrected chi connectivity index (χ4v) is 7.86. The van der Waals surface area contributed by atoms with Crippen LogP contribution in [0.25, 0.3) is 11.1 Å². The van der Waals surface area contributed by atoms with E-state index in [-0.39, 0.29) is 27.9 Å². The molecule has 0 saturated heterocycles. The molecule has 3 aromatic rings. The van der Waals surface area contributed by atoms with Crippen molar-refractivity contribution in [2.24, 2.45) is 5.41 Å². The Labute approximate surface area is 276 Å². The number of esters is 1. The average Bonchev–Trinajstić information content (AvgIpc) is 2.96. The highest BCUT2D eigenvalue weighted by Crippen LogP contribution is 2.43. The summed E-state index contributed by atoms with van der Waals surface area (Å²) in [6, 6.07) is 22.5. The number of ether oxygens (including phenoxy) is 1. The summed E-state index contributed by atoms with van der Waals surface area (Å²) < 4.78 is 11.8. The molecular weight excluding hydrogens is 569 g/mol. The monoisotopic (exact) mass is 628 g/mol. The van der Waals surface area contributed by atoms with Crippen LogP contribution in [0.4, 0.5) is 0 Å². The summed E-state index contributed by atoms with van der Waals surface area (Å²) in [5, 5.41) is 0.199. The summed E-state index contributed by atoms with van der Waals surface area (Å²) in [4.78, 5) is 11.7. The quantitative estimate of drug-likeness (QED) is 0.148. The predicted molar refractivity (Wildman–Crippen MR) is 195 cm³/mol. The van der Waals surface area contributed by atoms with Gasteiger partial charge in [-0.2, -0.15) is 0 Å². The number of aryl methyl sites for hydroxylation is 3. The summed E-state index contributed by atoms with van der Waals surface area (Å²) in [7, 11) is -0.438. The van der Waals surface area contributed by atoms with Crippen molar-refractivity contribution in [3.05, 3.63) is 94.0 Å². The van der Waals surface area contributed by atoms with E-state index in [1.54, 1.807) is 0 Å². The molecule has 0 amide bonds. The van der Waals surface area contributed by atoms with Crippen molar-refractivity contribution in [3.8, 4) is 11.1 Å². The number of hydrogen-bond acceptors (Lipinski definition) is 3. The van der Waals surface area contributed by atoms with E-state index in [0.717, 1.165) is 36.8 Å². The first-order valence-electron chi connectivity index (χ1n) is 16.9. The molecule has 3 nitrogen and oxygen atoms in total. The zero-order valence-electron chi connectivity index (χ0n) is 30.6. The normalized spacial score (nSPS) is 13.5.